The number of carbonyl (C=O) groups is 1. The number of fused-ring (bicyclic) bond motifs is 1. The fraction of sp³-hybridized carbons (Fsp3) is 0.222. The van der Waals surface area contributed by atoms with Crippen molar-refractivity contribution in [3.8, 4) is 0 Å². The van der Waals surface area contributed by atoms with Gasteiger partial charge in [0.2, 0.25) is 0 Å². The van der Waals surface area contributed by atoms with Crippen molar-refractivity contribution in [3.05, 3.63) is 29.8 Å². The van der Waals surface area contributed by atoms with E-state index in [-0.39, 0.29) is 12.4 Å². The Bertz CT molecular complexity index is 309. The van der Waals surface area contributed by atoms with Gasteiger partial charge in [-0.1, -0.05) is 12.1 Å². The van der Waals surface area contributed by atoms with Gasteiger partial charge < -0.3 is 10.1 Å². The van der Waals surface area contributed by atoms with Crippen LogP contribution in [-0.2, 0) is 4.74 Å². The number of carbonyl (C=O) groups excluding carboxylic acids is 1. The van der Waals surface area contributed by atoms with Gasteiger partial charge in [0.05, 0.1) is 0 Å². The van der Waals surface area contributed by atoms with Gasteiger partial charge in [-0.25, -0.2) is 0 Å². The Morgan fingerprint density at radius 1 is 1.33 bits per heavy atom. The number of hydrogen-bond acceptors (Lipinski definition) is 3. The molecule has 1 aliphatic rings. The number of Topliss-reactive ketones (excluding diaryl/α,β-unsaturated/α-hetero) is 1. The number of nitrogens with one attached hydrogen (secondary N) is 1. The van der Waals surface area contributed by atoms with Gasteiger partial charge >= 0.3 is 0 Å². The monoisotopic (exact) mass is 163 g/mol. The first-order valence-corrected chi connectivity index (χ1v) is 3.82. The highest BCUT2D eigenvalue weighted by atomic mass is 16.5. The summed E-state index contributed by atoms with van der Waals surface area (Å²) < 4.78 is 5.03. The molecule has 0 aliphatic carbocycles. The quantitative estimate of drug-likeness (QED) is 0.626. The molecule has 3 heteroatoms. The predicted molar refractivity (Wildman–Crippen MR) is 45.2 cm³/mol. The van der Waals surface area contributed by atoms with E-state index >= 15 is 0 Å². The lowest BCUT2D eigenvalue weighted by Gasteiger charge is -2.03. The number of hydrogen-bond donors (Lipinski definition) is 1. The van der Waals surface area contributed by atoms with E-state index in [1.807, 2.05) is 18.2 Å². The fourth-order valence-electron chi connectivity index (χ4n) is 1.23. The number of para-hydroxylation sites is 1. The summed E-state index contributed by atoms with van der Waals surface area (Å²) in [5.41, 5.74) is 1.58. The van der Waals surface area contributed by atoms with Crippen LogP contribution in [0.15, 0.2) is 24.3 Å². The second-order valence-corrected chi connectivity index (χ2v) is 2.64. The number of ether oxygens (including phenoxy) is 1. The molecular weight excluding hydrogens is 154 g/mol. The highest BCUT2D eigenvalue weighted by Crippen LogP contribution is 2.17. The van der Waals surface area contributed by atoms with Crippen molar-refractivity contribution in [2.75, 3.05) is 18.7 Å². The van der Waals surface area contributed by atoms with Crippen molar-refractivity contribution in [3.63, 3.8) is 0 Å². The van der Waals surface area contributed by atoms with Crippen molar-refractivity contribution < 1.29 is 9.53 Å². The first-order valence-electron chi connectivity index (χ1n) is 3.82. The second-order valence-electron chi connectivity index (χ2n) is 2.64. The molecule has 3 nitrogen and oxygen atoms in total. The van der Waals surface area contributed by atoms with Crippen LogP contribution in [0.5, 0.6) is 0 Å². The van der Waals surface area contributed by atoms with Gasteiger partial charge in [-0.15, -0.1) is 0 Å². The van der Waals surface area contributed by atoms with E-state index in [4.69, 9.17) is 4.74 Å². The molecule has 0 fully saturated rings. The molecular formula is C9H9NO2. The molecule has 0 spiro atoms. The van der Waals surface area contributed by atoms with Crippen LogP contribution in [0.4, 0.5) is 5.69 Å². The number of benzene rings is 1. The lowest BCUT2D eigenvalue weighted by atomic mass is 10.1. The Morgan fingerprint density at radius 2 is 2.17 bits per heavy atom. The van der Waals surface area contributed by atoms with E-state index in [1.54, 1.807) is 6.07 Å². The van der Waals surface area contributed by atoms with Gasteiger partial charge in [0, 0.05) is 11.3 Å². The third-order valence-corrected chi connectivity index (χ3v) is 1.83. The molecule has 62 valence electrons. The van der Waals surface area contributed by atoms with Gasteiger partial charge in [-0.2, -0.15) is 0 Å². The Hall–Kier alpha value is -1.35. The Balaban J connectivity index is 2.46. The summed E-state index contributed by atoms with van der Waals surface area (Å²) in [6, 6.07) is 7.43. The normalized spacial score (nSPS) is 16.2. The van der Waals surface area contributed by atoms with Crippen LogP contribution in [0.2, 0.25) is 0 Å². The maximum absolute atomic E-state index is 11.3. The Kier molecular flexibility index (Phi) is 1.80. The first-order chi connectivity index (χ1) is 5.88. The minimum atomic E-state index is 0.0376. The van der Waals surface area contributed by atoms with Crippen LogP contribution < -0.4 is 5.32 Å². The van der Waals surface area contributed by atoms with Crippen molar-refractivity contribution >= 4 is 11.5 Å². The smallest absolute Gasteiger partial charge is 0.190 e. The van der Waals surface area contributed by atoms with E-state index < -0.39 is 0 Å². The third kappa shape index (κ3) is 1.19. The molecule has 0 radical (unpaired) electrons. The van der Waals surface area contributed by atoms with Crippen LogP contribution in [-0.4, -0.2) is 19.1 Å². The van der Waals surface area contributed by atoms with E-state index in [1.165, 1.54) is 0 Å². The Morgan fingerprint density at radius 3 is 3.08 bits per heavy atom. The topological polar surface area (TPSA) is 38.3 Å². The molecule has 12 heavy (non-hydrogen) atoms. The highest BCUT2D eigenvalue weighted by molar-refractivity contribution is 6.02. The molecule has 1 aromatic carbocycles. The fourth-order valence-corrected chi connectivity index (χ4v) is 1.23. The van der Waals surface area contributed by atoms with Gasteiger partial charge in [-0.3, -0.25) is 4.79 Å². The zero-order valence-corrected chi connectivity index (χ0v) is 6.54. The number of anilines is 1. The van der Waals surface area contributed by atoms with Crippen LogP contribution in [0, 0.1) is 0 Å². The van der Waals surface area contributed by atoms with Crippen molar-refractivity contribution in [2.24, 2.45) is 0 Å². The number of rotatable bonds is 0. The zero-order chi connectivity index (χ0) is 8.39. The van der Waals surface area contributed by atoms with Gasteiger partial charge in [0.1, 0.15) is 13.3 Å². The average molecular weight is 163 g/mol. The summed E-state index contributed by atoms with van der Waals surface area (Å²) in [4.78, 5) is 11.3. The van der Waals surface area contributed by atoms with E-state index in [9.17, 15) is 4.79 Å². The molecule has 0 saturated heterocycles. The minimum Gasteiger partial charge on any atom is -0.362 e. The lowest BCUT2D eigenvalue weighted by molar-refractivity contribution is 0.0806. The largest absolute Gasteiger partial charge is 0.362 e. The van der Waals surface area contributed by atoms with Crippen molar-refractivity contribution in [2.45, 2.75) is 0 Å². The minimum absolute atomic E-state index is 0.0376. The summed E-state index contributed by atoms with van der Waals surface area (Å²) in [6.45, 7) is 0.576. The molecule has 2 rings (SSSR count). The number of ketones is 1. The van der Waals surface area contributed by atoms with Crippen LogP contribution in [0.1, 0.15) is 10.4 Å². The van der Waals surface area contributed by atoms with Gasteiger partial charge in [-0.05, 0) is 12.1 Å². The first kappa shape index (κ1) is 7.31. The molecule has 0 bridgehead atoms. The SMILES string of the molecule is O=C1COCNc2ccccc21. The summed E-state index contributed by atoms with van der Waals surface area (Å²) in [6.07, 6.45) is 0. The highest BCUT2D eigenvalue weighted by Gasteiger charge is 2.13. The zero-order valence-electron chi connectivity index (χ0n) is 6.54. The van der Waals surface area contributed by atoms with Crippen molar-refractivity contribution in [1.82, 2.24) is 0 Å². The molecule has 0 amide bonds. The van der Waals surface area contributed by atoms with Crippen LogP contribution >= 0.6 is 0 Å². The van der Waals surface area contributed by atoms with Crippen molar-refractivity contribution in [1.29, 1.82) is 0 Å². The molecule has 0 aromatic heterocycles. The van der Waals surface area contributed by atoms with Crippen LogP contribution in [0.3, 0.4) is 0 Å². The molecule has 0 unspecified atom stereocenters. The molecule has 1 aromatic rings. The van der Waals surface area contributed by atoms with Gasteiger partial charge in [0.25, 0.3) is 0 Å². The summed E-state index contributed by atoms with van der Waals surface area (Å²) in [5.74, 6) is 0.0376. The molecule has 0 atom stereocenters. The Labute approximate surface area is 70.3 Å². The standard InChI is InChI=1S/C9H9NO2/c11-9-5-12-6-10-8-4-2-1-3-7(8)9/h1-4,10H,5-6H2. The summed E-state index contributed by atoms with van der Waals surface area (Å²) in [5, 5.41) is 3.01. The third-order valence-electron chi connectivity index (χ3n) is 1.83. The predicted octanol–water partition coefficient (Wildman–Crippen LogP) is 1.27. The maximum Gasteiger partial charge on any atom is 0.190 e. The van der Waals surface area contributed by atoms with E-state index in [0.717, 1.165) is 11.3 Å². The summed E-state index contributed by atoms with van der Waals surface area (Å²) >= 11 is 0. The van der Waals surface area contributed by atoms with Crippen LogP contribution in [0.25, 0.3) is 0 Å². The molecule has 1 N–H and O–H groups in total. The summed E-state index contributed by atoms with van der Waals surface area (Å²) in [7, 11) is 0. The average Bonchev–Trinajstić information content (AvgIpc) is 2.29. The van der Waals surface area contributed by atoms with E-state index in [2.05, 4.69) is 5.32 Å². The second kappa shape index (κ2) is 2.95. The lowest BCUT2D eigenvalue weighted by Crippen LogP contribution is -2.06. The molecule has 0 saturated carbocycles. The maximum atomic E-state index is 11.3. The molecule has 1 aliphatic heterocycles. The van der Waals surface area contributed by atoms with E-state index in [0.29, 0.717) is 6.73 Å². The molecule has 1 heterocycles. The van der Waals surface area contributed by atoms with Gasteiger partial charge in [0.15, 0.2) is 5.78 Å².